The fourth-order valence-electron chi connectivity index (χ4n) is 3.24. The van der Waals surface area contributed by atoms with Crippen LogP contribution in [0.2, 0.25) is 0 Å². The number of guanidine groups is 1. The molecule has 5 nitrogen and oxygen atoms in total. The number of aliphatic imine (C=N–C) groups is 1. The topological polar surface area (TPSA) is 35.8 Å². The molecule has 1 aliphatic rings. The van der Waals surface area contributed by atoms with Crippen LogP contribution in [-0.4, -0.2) is 60.6 Å². The van der Waals surface area contributed by atoms with Gasteiger partial charge in [-0.25, -0.2) is 0 Å². The monoisotopic (exact) mass is 383 g/mol. The van der Waals surface area contributed by atoms with Crippen LogP contribution in [0.1, 0.15) is 25.5 Å². The van der Waals surface area contributed by atoms with Crippen LogP contribution in [0, 0.1) is 5.92 Å². The van der Waals surface area contributed by atoms with E-state index in [1.54, 1.807) is 0 Å². The number of rotatable bonds is 5. The van der Waals surface area contributed by atoms with Gasteiger partial charge in [0.2, 0.25) is 0 Å². The second-order valence-electron chi connectivity index (χ2n) is 6.64. The molecule has 6 heteroatoms. The number of hydrogen-bond donors (Lipinski definition) is 1. The highest BCUT2D eigenvalue weighted by Crippen LogP contribution is 2.15. The van der Waals surface area contributed by atoms with Crippen LogP contribution in [-0.2, 0) is 13.6 Å². The van der Waals surface area contributed by atoms with Gasteiger partial charge in [0.15, 0.2) is 5.96 Å². The highest BCUT2D eigenvalue weighted by atomic mass is 79.9. The molecule has 1 fully saturated rings. The van der Waals surface area contributed by atoms with E-state index in [2.05, 4.69) is 73.9 Å². The van der Waals surface area contributed by atoms with E-state index in [1.165, 1.54) is 31.6 Å². The number of aromatic nitrogens is 1. The summed E-state index contributed by atoms with van der Waals surface area (Å²) in [7, 11) is 6.00. The largest absolute Gasteiger partial charge is 0.355 e. The molecule has 2 rings (SSSR count). The number of nitrogens with zero attached hydrogens (tertiary/aromatic N) is 4. The molecule has 0 bridgehead atoms. The fourth-order valence-corrected chi connectivity index (χ4v) is 3.81. The highest BCUT2D eigenvalue weighted by molar-refractivity contribution is 9.10. The predicted octanol–water partition coefficient (Wildman–Crippen LogP) is 2.53. The molecule has 1 saturated heterocycles. The summed E-state index contributed by atoms with van der Waals surface area (Å²) in [5.41, 5.74) is 1.26. The molecule has 0 aromatic carbocycles. The predicted molar refractivity (Wildman–Crippen MR) is 101 cm³/mol. The van der Waals surface area contributed by atoms with Crippen LogP contribution < -0.4 is 5.32 Å². The second kappa shape index (κ2) is 8.73. The van der Waals surface area contributed by atoms with Crippen molar-refractivity contribution in [1.29, 1.82) is 0 Å². The molecule has 1 aromatic heterocycles. The Kier molecular flexibility index (Phi) is 6.96. The molecule has 1 aromatic rings. The summed E-state index contributed by atoms with van der Waals surface area (Å²) in [5, 5.41) is 3.49. The minimum absolute atomic E-state index is 0.835. The maximum atomic E-state index is 4.41. The van der Waals surface area contributed by atoms with E-state index in [0.717, 1.165) is 36.0 Å². The van der Waals surface area contributed by atoms with Crippen LogP contribution >= 0.6 is 15.9 Å². The minimum atomic E-state index is 0.835. The Hall–Kier alpha value is -1.01. The van der Waals surface area contributed by atoms with Gasteiger partial charge < -0.3 is 19.7 Å². The lowest BCUT2D eigenvalue weighted by atomic mass is 10.0. The Morgan fingerprint density at radius 2 is 2.30 bits per heavy atom. The van der Waals surface area contributed by atoms with Crippen molar-refractivity contribution in [1.82, 2.24) is 19.7 Å². The van der Waals surface area contributed by atoms with Crippen LogP contribution in [0.15, 0.2) is 21.7 Å². The Morgan fingerprint density at radius 1 is 1.52 bits per heavy atom. The summed E-state index contributed by atoms with van der Waals surface area (Å²) in [6.07, 6.45) is 4.79. The molecule has 1 atom stereocenters. The van der Waals surface area contributed by atoms with Gasteiger partial charge in [-0.05, 0) is 47.3 Å². The summed E-state index contributed by atoms with van der Waals surface area (Å²) in [4.78, 5) is 9.14. The normalized spacial score (nSPS) is 19.9. The van der Waals surface area contributed by atoms with Gasteiger partial charge in [-0.3, -0.25) is 4.99 Å². The van der Waals surface area contributed by atoms with Crippen molar-refractivity contribution in [2.24, 2.45) is 18.0 Å². The molecule has 0 radical (unpaired) electrons. The molecular formula is C17H30BrN5. The third-order valence-electron chi connectivity index (χ3n) is 4.50. The van der Waals surface area contributed by atoms with Crippen molar-refractivity contribution in [2.75, 3.05) is 40.3 Å². The van der Waals surface area contributed by atoms with Gasteiger partial charge in [0.25, 0.3) is 0 Å². The molecular weight excluding hydrogens is 354 g/mol. The average molecular weight is 384 g/mol. The summed E-state index contributed by atoms with van der Waals surface area (Å²) >= 11 is 3.53. The number of halogens is 1. The van der Waals surface area contributed by atoms with E-state index >= 15 is 0 Å². The molecule has 130 valence electrons. The van der Waals surface area contributed by atoms with Crippen molar-refractivity contribution >= 4 is 21.9 Å². The number of likely N-dealkylation sites (tertiary alicyclic amines) is 1. The quantitative estimate of drug-likeness (QED) is 0.626. The minimum Gasteiger partial charge on any atom is -0.355 e. The van der Waals surface area contributed by atoms with Gasteiger partial charge in [0.1, 0.15) is 0 Å². The van der Waals surface area contributed by atoms with Gasteiger partial charge in [-0.2, -0.15) is 0 Å². The summed E-state index contributed by atoms with van der Waals surface area (Å²) < 4.78 is 3.26. The summed E-state index contributed by atoms with van der Waals surface area (Å²) in [6, 6.07) is 2.15. The highest BCUT2D eigenvalue weighted by Gasteiger charge is 2.16. The standard InChI is InChI=1S/C17H30BrN5/c1-14-6-5-8-23(11-14)9-7-20-17(19-2)22(4)13-16-10-15(18)12-21(16)3/h10,12,14H,5-9,11,13H2,1-4H3,(H,19,20). The van der Waals surface area contributed by atoms with Gasteiger partial charge >= 0.3 is 0 Å². The third kappa shape index (κ3) is 5.53. The summed E-state index contributed by atoms with van der Waals surface area (Å²) in [6.45, 7) is 7.69. The van der Waals surface area contributed by atoms with Crippen LogP contribution in [0.3, 0.4) is 0 Å². The van der Waals surface area contributed by atoms with E-state index in [4.69, 9.17) is 0 Å². The first-order valence-electron chi connectivity index (χ1n) is 8.44. The molecule has 0 saturated carbocycles. The molecule has 0 amide bonds. The van der Waals surface area contributed by atoms with Gasteiger partial charge in [0, 0.05) is 57.1 Å². The van der Waals surface area contributed by atoms with Crippen molar-refractivity contribution < 1.29 is 0 Å². The van der Waals surface area contributed by atoms with E-state index in [1.807, 2.05) is 7.05 Å². The van der Waals surface area contributed by atoms with E-state index in [-0.39, 0.29) is 0 Å². The van der Waals surface area contributed by atoms with Crippen molar-refractivity contribution in [3.8, 4) is 0 Å². The Balaban J connectivity index is 1.79. The van der Waals surface area contributed by atoms with Crippen LogP contribution in [0.4, 0.5) is 0 Å². The van der Waals surface area contributed by atoms with E-state index in [0.29, 0.717) is 0 Å². The average Bonchev–Trinajstić information content (AvgIpc) is 2.81. The van der Waals surface area contributed by atoms with E-state index in [9.17, 15) is 0 Å². The number of piperidine rings is 1. The lowest BCUT2D eigenvalue weighted by Gasteiger charge is -2.31. The lowest BCUT2D eigenvalue weighted by Crippen LogP contribution is -2.44. The van der Waals surface area contributed by atoms with Crippen LogP contribution in [0.25, 0.3) is 0 Å². The first kappa shape index (κ1) is 18.3. The second-order valence-corrected chi connectivity index (χ2v) is 7.55. The summed E-state index contributed by atoms with van der Waals surface area (Å²) in [5.74, 6) is 1.79. The fraction of sp³-hybridized carbons (Fsp3) is 0.706. The first-order chi connectivity index (χ1) is 11.0. The smallest absolute Gasteiger partial charge is 0.193 e. The lowest BCUT2D eigenvalue weighted by molar-refractivity contribution is 0.186. The van der Waals surface area contributed by atoms with Crippen molar-refractivity contribution in [3.05, 3.63) is 22.4 Å². The molecule has 23 heavy (non-hydrogen) atoms. The molecule has 2 heterocycles. The zero-order chi connectivity index (χ0) is 16.8. The Bertz CT molecular complexity index is 525. The molecule has 0 spiro atoms. The number of hydrogen-bond acceptors (Lipinski definition) is 2. The van der Waals surface area contributed by atoms with Crippen LogP contribution in [0.5, 0.6) is 0 Å². The maximum Gasteiger partial charge on any atom is 0.193 e. The van der Waals surface area contributed by atoms with E-state index < -0.39 is 0 Å². The van der Waals surface area contributed by atoms with Crippen molar-refractivity contribution in [3.63, 3.8) is 0 Å². The van der Waals surface area contributed by atoms with Gasteiger partial charge in [-0.15, -0.1) is 0 Å². The first-order valence-corrected chi connectivity index (χ1v) is 9.23. The molecule has 1 aliphatic heterocycles. The van der Waals surface area contributed by atoms with Gasteiger partial charge in [-0.1, -0.05) is 6.92 Å². The number of nitrogens with one attached hydrogen (secondary N) is 1. The SMILES string of the molecule is CN=C(NCCN1CCCC(C)C1)N(C)Cc1cc(Br)cn1C. The molecule has 1 unspecified atom stereocenters. The molecule has 0 aliphatic carbocycles. The Labute approximate surface area is 148 Å². The zero-order valence-electron chi connectivity index (χ0n) is 14.8. The maximum absolute atomic E-state index is 4.41. The van der Waals surface area contributed by atoms with Gasteiger partial charge in [0.05, 0.1) is 6.54 Å². The number of aryl methyl sites for hydroxylation is 1. The zero-order valence-corrected chi connectivity index (χ0v) is 16.4. The third-order valence-corrected chi connectivity index (χ3v) is 4.93. The molecule has 1 N–H and O–H groups in total. The Morgan fingerprint density at radius 3 is 2.91 bits per heavy atom. The van der Waals surface area contributed by atoms with Crippen molar-refractivity contribution in [2.45, 2.75) is 26.3 Å².